The molecule has 2 heterocycles. The number of aliphatic carboxylic acids is 1. The highest BCUT2D eigenvalue weighted by Gasteiger charge is 2.29. The van der Waals surface area contributed by atoms with E-state index in [9.17, 15) is 9.59 Å². The molecule has 0 saturated carbocycles. The molecule has 2 rings (SSSR count). The Morgan fingerprint density at radius 2 is 2.35 bits per heavy atom. The van der Waals surface area contributed by atoms with E-state index in [1.165, 1.54) is 0 Å². The van der Waals surface area contributed by atoms with Gasteiger partial charge in [0.15, 0.2) is 0 Å². The van der Waals surface area contributed by atoms with Gasteiger partial charge in [-0.05, 0) is 32.6 Å². The van der Waals surface area contributed by atoms with Gasteiger partial charge < -0.3 is 10.0 Å². The minimum atomic E-state index is -0.826. The van der Waals surface area contributed by atoms with Crippen molar-refractivity contribution < 1.29 is 14.7 Å². The van der Waals surface area contributed by atoms with Gasteiger partial charge in [0, 0.05) is 24.4 Å². The number of aryl methyl sites for hydroxylation is 2. The fraction of sp³-hybridized carbons (Fsp3) is 0.643. The molecule has 20 heavy (non-hydrogen) atoms. The highest BCUT2D eigenvalue weighted by Crippen LogP contribution is 2.21. The van der Waals surface area contributed by atoms with Gasteiger partial charge in [0.1, 0.15) is 0 Å². The minimum Gasteiger partial charge on any atom is -0.481 e. The van der Waals surface area contributed by atoms with Gasteiger partial charge in [-0.25, -0.2) is 4.98 Å². The molecule has 1 aromatic heterocycles. The fourth-order valence-corrected chi connectivity index (χ4v) is 3.31. The number of hydrogen-bond donors (Lipinski definition) is 1. The molecule has 1 aliphatic rings. The third kappa shape index (κ3) is 4.03. The smallest absolute Gasteiger partial charge is 0.305 e. The molecule has 0 bridgehead atoms. The van der Waals surface area contributed by atoms with Crippen molar-refractivity contribution in [3.63, 3.8) is 0 Å². The zero-order valence-electron chi connectivity index (χ0n) is 11.7. The minimum absolute atomic E-state index is 0.0665. The summed E-state index contributed by atoms with van der Waals surface area (Å²) in [4.78, 5) is 29.1. The summed E-state index contributed by atoms with van der Waals surface area (Å²) in [5.41, 5.74) is 1.05. The van der Waals surface area contributed by atoms with Crippen molar-refractivity contribution >= 4 is 23.2 Å². The summed E-state index contributed by atoms with van der Waals surface area (Å²) < 4.78 is 0. The van der Waals surface area contributed by atoms with Gasteiger partial charge in [-0.1, -0.05) is 0 Å². The summed E-state index contributed by atoms with van der Waals surface area (Å²) in [6.07, 6.45) is 3.85. The molecular formula is C14H20N2O3S. The second-order valence-corrected chi connectivity index (χ2v) is 6.25. The zero-order chi connectivity index (χ0) is 14.5. The monoisotopic (exact) mass is 296 g/mol. The molecule has 0 spiro atoms. The standard InChI is InChI=1S/C14H20N2O3S/c1-10-15-11(9-20-10)4-2-6-13(17)16-7-3-5-12(16)8-14(18)19/h9,12H,2-8H2,1H3,(H,18,19). The summed E-state index contributed by atoms with van der Waals surface area (Å²) in [7, 11) is 0. The highest BCUT2D eigenvalue weighted by atomic mass is 32.1. The Labute approximate surface area is 122 Å². The van der Waals surface area contributed by atoms with Gasteiger partial charge in [-0.2, -0.15) is 0 Å². The summed E-state index contributed by atoms with van der Waals surface area (Å²) in [5.74, 6) is -0.742. The molecule has 1 aromatic rings. The van der Waals surface area contributed by atoms with E-state index in [0.717, 1.165) is 36.4 Å². The Morgan fingerprint density at radius 1 is 1.55 bits per heavy atom. The molecule has 5 nitrogen and oxygen atoms in total. The molecule has 1 atom stereocenters. The largest absolute Gasteiger partial charge is 0.481 e. The molecule has 0 aromatic carbocycles. The number of carboxylic acid groups (broad SMARTS) is 1. The highest BCUT2D eigenvalue weighted by molar-refractivity contribution is 7.09. The lowest BCUT2D eigenvalue weighted by Crippen LogP contribution is -2.36. The van der Waals surface area contributed by atoms with Crippen molar-refractivity contribution in [3.8, 4) is 0 Å². The lowest BCUT2D eigenvalue weighted by Gasteiger charge is -2.23. The van der Waals surface area contributed by atoms with E-state index in [0.29, 0.717) is 13.0 Å². The third-order valence-electron chi connectivity index (χ3n) is 3.60. The van der Waals surface area contributed by atoms with Crippen LogP contribution in [0.3, 0.4) is 0 Å². The number of amides is 1. The second-order valence-electron chi connectivity index (χ2n) is 5.19. The number of aromatic nitrogens is 1. The van der Waals surface area contributed by atoms with Gasteiger partial charge >= 0.3 is 5.97 Å². The lowest BCUT2D eigenvalue weighted by molar-refractivity contribution is -0.139. The van der Waals surface area contributed by atoms with Gasteiger partial charge in [0.05, 0.1) is 17.1 Å². The number of carbonyl (C=O) groups excluding carboxylic acids is 1. The van der Waals surface area contributed by atoms with Crippen molar-refractivity contribution in [1.29, 1.82) is 0 Å². The normalized spacial score (nSPS) is 18.4. The molecule has 1 unspecified atom stereocenters. The maximum atomic E-state index is 12.1. The molecule has 110 valence electrons. The third-order valence-corrected chi connectivity index (χ3v) is 4.42. The molecule has 6 heteroatoms. The van der Waals surface area contributed by atoms with Crippen LogP contribution in [-0.2, 0) is 16.0 Å². The SMILES string of the molecule is Cc1nc(CCCC(=O)N2CCCC2CC(=O)O)cs1. The Morgan fingerprint density at radius 3 is 3.00 bits per heavy atom. The first-order valence-corrected chi connectivity index (χ1v) is 7.86. The molecule has 1 N–H and O–H groups in total. The molecule has 0 radical (unpaired) electrons. The molecule has 1 amide bonds. The predicted molar refractivity (Wildman–Crippen MR) is 76.8 cm³/mol. The van der Waals surface area contributed by atoms with Crippen LogP contribution in [-0.4, -0.2) is 39.5 Å². The Balaban J connectivity index is 1.77. The summed E-state index contributed by atoms with van der Waals surface area (Å²) >= 11 is 1.62. The van der Waals surface area contributed by atoms with Crippen LogP contribution in [0.2, 0.25) is 0 Å². The molecular weight excluding hydrogens is 276 g/mol. The van der Waals surface area contributed by atoms with Crippen molar-refractivity contribution in [3.05, 3.63) is 16.1 Å². The van der Waals surface area contributed by atoms with Crippen LogP contribution in [0.5, 0.6) is 0 Å². The van der Waals surface area contributed by atoms with Crippen LogP contribution >= 0.6 is 11.3 Å². The Kier molecular flexibility index (Phi) is 5.11. The Bertz CT molecular complexity index is 487. The van der Waals surface area contributed by atoms with E-state index < -0.39 is 5.97 Å². The number of thiazole rings is 1. The van der Waals surface area contributed by atoms with E-state index in [-0.39, 0.29) is 18.4 Å². The number of rotatable bonds is 6. The van der Waals surface area contributed by atoms with E-state index in [1.807, 2.05) is 12.3 Å². The van der Waals surface area contributed by atoms with E-state index in [1.54, 1.807) is 16.2 Å². The van der Waals surface area contributed by atoms with Crippen molar-refractivity contribution in [2.45, 2.75) is 51.5 Å². The van der Waals surface area contributed by atoms with Crippen LogP contribution in [0.1, 0.15) is 42.8 Å². The number of nitrogens with zero attached hydrogens (tertiary/aromatic N) is 2. The summed E-state index contributed by atoms with van der Waals surface area (Å²) in [5, 5.41) is 11.9. The van der Waals surface area contributed by atoms with Crippen molar-refractivity contribution in [2.75, 3.05) is 6.54 Å². The quantitative estimate of drug-likeness (QED) is 0.874. The first kappa shape index (κ1) is 15.0. The van der Waals surface area contributed by atoms with Crippen molar-refractivity contribution in [1.82, 2.24) is 9.88 Å². The topological polar surface area (TPSA) is 70.5 Å². The molecule has 0 aliphatic carbocycles. The van der Waals surface area contributed by atoms with Crippen molar-refractivity contribution in [2.24, 2.45) is 0 Å². The maximum Gasteiger partial charge on any atom is 0.305 e. The number of carbonyl (C=O) groups is 2. The zero-order valence-corrected chi connectivity index (χ0v) is 12.5. The van der Waals surface area contributed by atoms with Crippen LogP contribution in [0.15, 0.2) is 5.38 Å². The second kappa shape index (κ2) is 6.83. The van der Waals surface area contributed by atoms with Gasteiger partial charge in [0.2, 0.25) is 5.91 Å². The van der Waals surface area contributed by atoms with Crippen LogP contribution in [0.4, 0.5) is 0 Å². The number of hydrogen-bond acceptors (Lipinski definition) is 4. The van der Waals surface area contributed by atoms with Crippen LogP contribution < -0.4 is 0 Å². The summed E-state index contributed by atoms with van der Waals surface area (Å²) in [6, 6.07) is -0.110. The molecule has 1 aliphatic heterocycles. The fourth-order valence-electron chi connectivity index (χ4n) is 2.67. The van der Waals surface area contributed by atoms with E-state index in [2.05, 4.69) is 4.98 Å². The van der Waals surface area contributed by atoms with E-state index >= 15 is 0 Å². The van der Waals surface area contributed by atoms with Crippen LogP contribution in [0.25, 0.3) is 0 Å². The first-order valence-electron chi connectivity index (χ1n) is 6.98. The van der Waals surface area contributed by atoms with Crippen LogP contribution in [0, 0.1) is 6.92 Å². The number of likely N-dealkylation sites (tertiary alicyclic amines) is 1. The Hall–Kier alpha value is -1.43. The predicted octanol–water partition coefficient (Wildman–Crippen LogP) is 2.24. The van der Waals surface area contributed by atoms with Gasteiger partial charge in [-0.15, -0.1) is 11.3 Å². The summed E-state index contributed by atoms with van der Waals surface area (Å²) in [6.45, 7) is 2.67. The average Bonchev–Trinajstić information content (AvgIpc) is 2.98. The van der Waals surface area contributed by atoms with Gasteiger partial charge in [0.25, 0.3) is 0 Å². The lowest BCUT2D eigenvalue weighted by atomic mass is 10.1. The molecule has 1 fully saturated rings. The number of carboxylic acids is 1. The first-order chi connectivity index (χ1) is 9.56. The van der Waals surface area contributed by atoms with Gasteiger partial charge in [-0.3, -0.25) is 9.59 Å². The maximum absolute atomic E-state index is 12.1. The molecule has 1 saturated heterocycles. The van der Waals surface area contributed by atoms with E-state index in [4.69, 9.17) is 5.11 Å². The average molecular weight is 296 g/mol.